The minimum absolute atomic E-state index is 0.0260. The van der Waals surface area contributed by atoms with E-state index in [-0.39, 0.29) is 11.3 Å². The Bertz CT molecular complexity index is 564. The van der Waals surface area contributed by atoms with Crippen LogP contribution in [0.15, 0.2) is 12.1 Å². The van der Waals surface area contributed by atoms with Crippen LogP contribution in [-0.2, 0) is 14.9 Å². The highest BCUT2D eigenvalue weighted by Gasteiger charge is 2.36. The van der Waals surface area contributed by atoms with Crippen molar-refractivity contribution in [1.82, 2.24) is 0 Å². The van der Waals surface area contributed by atoms with Crippen LogP contribution in [0.2, 0.25) is 0 Å². The second kappa shape index (κ2) is 4.26. The van der Waals surface area contributed by atoms with Crippen LogP contribution < -0.4 is 10.6 Å². The smallest absolute Gasteiger partial charge is 0.340 e. The maximum atomic E-state index is 12.0. The molecular weight excluding hydrogens is 244 g/mol. The van der Waals surface area contributed by atoms with Crippen molar-refractivity contribution in [1.29, 1.82) is 0 Å². The average Bonchev–Trinajstić information content (AvgIpc) is 2.34. The third-order valence-corrected chi connectivity index (χ3v) is 3.63. The summed E-state index contributed by atoms with van der Waals surface area (Å²) in [4.78, 5) is 25.2. The fourth-order valence-corrected chi connectivity index (χ4v) is 2.44. The molecule has 0 radical (unpaired) electrons. The number of rotatable bonds is 1. The van der Waals surface area contributed by atoms with Crippen molar-refractivity contribution in [3.05, 3.63) is 23.3 Å². The number of esters is 1. The molecule has 0 saturated carbocycles. The number of nitrogens with two attached hydrogens (primary N) is 1. The molecule has 1 aliphatic rings. The van der Waals surface area contributed by atoms with Crippen LogP contribution in [0.5, 0.6) is 0 Å². The van der Waals surface area contributed by atoms with E-state index in [4.69, 9.17) is 10.5 Å². The second-order valence-corrected chi connectivity index (χ2v) is 5.46. The maximum Gasteiger partial charge on any atom is 0.340 e. The Morgan fingerprint density at radius 3 is 2.63 bits per heavy atom. The molecule has 0 spiro atoms. The van der Waals surface area contributed by atoms with E-state index >= 15 is 0 Å². The number of amides is 1. The molecule has 1 amide bonds. The predicted molar refractivity (Wildman–Crippen MR) is 73.2 cm³/mol. The molecule has 102 valence electrons. The minimum atomic E-state index is -0.496. The van der Waals surface area contributed by atoms with E-state index in [1.807, 2.05) is 13.8 Å². The number of carbonyl (C=O) groups excluding carboxylic acids is 2. The van der Waals surface area contributed by atoms with Gasteiger partial charge in [-0.05, 0) is 17.7 Å². The van der Waals surface area contributed by atoms with Crippen LogP contribution in [0.25, 0.3) is 0 Å². The number of carbonyl (C=O) groups is 2. The standard InChI is InChI=1S/C14H18N2O3/c1-14(2)7-12(17)16(3)11-5-8(13(18)19-4)10(15)6-9(11)14/h5-6H,7,15H2,1-4H3. The zero-order valence-electron chi connectivity index (χ0n) is 11.6. The quantitative estimate of drug-likeness (QED) is 0.617. The summed E-state index contributed by atoms with van der Waals surface area (Å²) >= 11 is 0. The Kier molecular flexibility index (Phi) is 3.00. The molecule has 0 fully saturated rings. The molecule has 5 nitrogen and oxygen atoms in total. The molecule has 0 aromatic heterocycles. The molecule has 2 rings (SSSR count). The summed E-state index contributed by atoms with van der Waals surface area (Å²) in [5.74, 6) is -0.470. The van der Waals surface area contributed by atoms with Gasteiger partial charge in [-0.1, -0.05) is 13.8 Å². The summed E-state index contributed by atoms with van der Waals surface area (Å²) in [5, 5.41) is 0. The lowest BCUT2D eigenvalue weighted by atomic mass is 9.76. The Morgan fingerprint density at radius 2 is 2.05 bits per heavy atom. The molecule has 0 saturated heterocycles. The zero-order valence-corrected chi connectivity index (χ0v) is 11.6. The number of methoxy groups -OCH3 is 1. The number of ether oxygens (including phenoxy) is 1. The van der Waals surface area contributed by atoms with Gasteiger partial charge in [-0.25, -0.2) is 4.79 Å². The van der Waals surface area contributed by atoms with Gasteiger partial charge in [0.2, 0.25) is 5.91 Å². The van der Waals surface area contributed by atoms with Crippen molar-refractivity contribution in [2.75, 3.05) is 24.8 Å². The average molecular weight is 262 g/mol. The SMILES string of the molecule is COC(=O)c1cc2c(cc1N)C(C)(C)CC(=O)N2C. The number of hydrogen-bond donors (Lipinski definition) is 1. The molecule has 0 unspecified atom stereocenters. The van der Waals surface area contributed by atoms with Crippen molar-refractivity contribution in [3.63, 3.8) is 0 Å². The van der Waals surface area contributed by atoms with Crippen LogP contribution in [0.3, 0.4) is 0 Å². The summed E-state index contributed by atoms with van der Waals surface area (Å²) in [7, 11) is 3.01. The van der Waals surface area contributed by atoms with Crippen LogP contribution >= 0.6 is 0 Å². The Balaban J connectivity index is 2.67. The van der Waals surface area contributed by atoms with Gasteiger partial charge in [0.05, 0.1) is 12.7 Å². The van der Waals surface area contributed by atoms with Gasteiger partial charge in [0.15, 0.2) is 0 Å². The molecule has 1 aromatic rings. The fraction of sp³-hybridized carbons (Fsp3) is 0.429. The van der Waals surface area contributed by atoms with Crippen molar-refractivity contribution in [3.8, 4) is 0 Å². The van der Waals surface area contributed by atoms with E-state index in [1.54, 1.807) is 24.1 Å². The number of nitrogen functional groups attached to an aromatic ring is 1. The number of benzene rings is 1. The van der Waals surface area contributed by atoms with Crippen molar-refractivity contribution < 1.29 is 14.3 Å². The Labute approximate surface area is 112 Å². The Morgan fingerprint density at radius 1 is 1.42 bits per heavy atom. The third kappa shape index (κ3) is 2.05. The fourth-order valence-electron chi connectivity index (χ4n) is 2.44. The van der Waals surface area contributed by atoms with E-state index < -0.39 is 5.97 Å². The molecule has 0 atom stereocenters. The number of nitrogens with zero attached hydrogens (tertiary/aromatic N) is 1. The predicted octanol–water partition coefficient (Wildman–Crippen LogP) is 1.70. The first-order valence-electron chi connectivity index (χ1n) is 6.07. The van der Waals surface area contributed by atoms with Crippen molar-refractivity contribution in [2.45, 2.75) is 25.7 Å². The molecule has 5 heteroatoms. The highest BCUT2D eigenvalue weighted by Crippen LogP contribution is 2.41. The van der Waals surface area contributed by atoms with E-state index in [2.05, 4.69) is 0 Å². The number of anilines is 2. The van der Waals surface area contributed by atoms with E-state index in [0.717, 1.165) is 11.3 Å². The Hall–Kier alpha value is -2.04. The molecule has 0 aliphatic carbocycles. The third-order valence-electron chi connectivity index (χ3n) is 3.63. The highest BCUT2D eigenvalue weighted by atomic mass is 16.5. The first-order valence-corrected chi connectivity index (χ1v) is 6.07. The van der Waals surface area contributed by atoms with Crippen LogP contribution in [0.1, 0.15) is 36.2 Å². The first kappa shape index (κ1) is 13.4. The van der Waals surface area contributed by atoms with Crippen LogP contribution in [0.4, 0.5) is 11.4 Å². The topological polar surface area (TPSA) is 72.6 Å². The summed E-state index contributed by atoms with van der Waals surface area (Å²) in [6.45, 7) is 3.99. The largest absolute Gasteiger partial charge is 0.465 e. The van der Waals surface area contributed by atoms with E-state index in [9.17, 15) is 9.59 Å². The summed E-state index contributed by atoms with van der Waals surface area (Å²) in [6.07, 6.45) is 0.424. The normalized spacial score (nSPS) is 17.1. The van der Waals surface area contributed by atoms with Gasteiger partial charge in [-0.15, -0.1) is 0 Å². The molecule has 2 N–H and O–H groups in total. The lowest BCUT2D eigenvalue weighted by Gasteiger charge is -2.37. The summed E-state index contributed by atoms with van der Waals surface area (Å²) < 4.78 is 4.70. The minimum Gasteiger partial charge on any atom is -0.465 e. The second-order valence-electron chi connectivity index (χ2n) is 5.46. The number of hydrogen-bond acceptors (Lipinski definition) is 4. The zero-order chi connectivity index (χ0) is 14.4. The molecular formula is C14H18N2O3. The lowest BCUT2D eigenvalue weighted by molar-refractivity contribution is -0.119. The highest BCUT2D eigenvalue weighted by molar-refractivity contribution is 6.02. The molecule has 0 bridgehead atoms. The van der Waals surface area contributed by atoms with Gasteiger partial charge < -0.3 is 15.4 Å². The van der Waals surface area contributed by atoms with Crippen LogP contribution in [-0.4, -0.2) is 26.0 Å². The van der Waals surface area contributed by atoms with Gasteiger partial charge in [0.25, 0.3) is 0 Å². The first-order chi connectivity index (χ1) is 8.77. The molecule has 1 heterocycles. The van der Waals surface area contributed by atoms with Gasteiger partial charge in [0, 0.05) is 30.3 Å². The van der Waals surface area contributed by atoms with Crippen molar-refractivity contribution >= 4 is 23.3 Å². The molecule has 1 aliphatic heterocycles. The van der Waals surface area contributed by atoms with Gasteiger partial charge in [-0.3, -0.25) is 4.79 Å². The van der Waals surface area contributed by atoms with E-state index in [1.165, 1.54) is 7.11 Å². The maximum absolute atomic E-state index is 12.0. The van der Waals surface area contributed by atoms with Gasteiger partial charge >= 0.3 is 5.97 Å². The summed E-state index contributed by atoms with van der Waals surface area (Å²) in [6, 6.07) is 3.40. The molecule has 1 aromatic carbocycles. The van der Waals surface area contributed by atoms with Crippen molar-refractivity contribution in [2.24, 2.45) is 0 Å². The van der Waals surface area contributed by atoms with Gasteiger partial charge in [-0.2, -0.15) is 0 Å². The van der Waals surface area contributed by atoms with Gasteiger partial charge in [0.1, 0.15) is 0 Å². The lowest BCUT2D eigenvalue weighted by Crippen LogP contribution is -2.39. The monoisotopic (exact) mass is 262 g/mol. The van der Waals surface area contributed by atoms with E-state index in [0.29, 0.717) is 17.7 Å². The molecule has 19 heavy (non-hydrogen) atoms. The number of fused-ring (bicyclic) bond motifs is 1. The summed E-state index contributed by atoms with van der Waals surface area (Å²) in [5.41, 5.74) is 7.99. The van der Waals surface area contributed by atoms with Crippen LogP contribution in [0, 0.1) is 0 Å².